The molecule has 0 radical (unpaired) electrons. The van der Waals surface area contributed by atoms with Crippen molar-refractivity contribution < 1.29 is 36.6 Å². The van der Waals surface area contributed by atoms with Gasteiger partial charge in [-0.3, -0.25) is 0 Å². The molecule has 0 saturated carbocycles. The van der Waals surface area contributed by atoms with Gasteiger partial charge in [0.1, 0.15) is 0 Å². The van der Waals surface area contributed by atoms with Crippen LogP contribution in [-0.4, -0.2) is 0 Å². The van der Waals surface area contributed by atoms with E-state index < -0.39 is 0 Å². The molecular weight excluding hydrogens is 322 g/mol. The molecule has 2 heteroatoms. The average Bonchev–Trinajstić information content (AvgIpc) is 2.09. The van der Waals surface area contributed by atoms with Crippen LogP contribution in [0.25, 0.3) is 12.2 Å². The molecular formula is C10H8Ru2. The van der Waals surface area contributed by atoms with Crippen LogP contribution < -0.4 is 8.32 Å². The first-order valence-corrected chi connectivity index (χ1v) is 5.15. The molecule has 0 heterocycles. The van der Waals surface area contributed by atoms with E-state index in [1.807, 2.05) is 18.2 Å². The van der Waals surface area contributed by atoms with Gasteiger partial charge in [0.05, 0.1) is 0 Å². The van der Waals surface area contributed by atoms with Crippen molar-refractivity contribution in [1.29, 1.82) is 0 Å². The molecule has 0 nitrogen and oxygen atoms in total. The van der Waals surface area contributed by atoms with E-state index in [1.54, 1.807) is 0 Å². The summed E-state index contributed by atoms with van der Waals surface area (Å²) < 4.78 is 2.39. The fourth-order valence-corrected chi connectivity index (χ4v) is 1.91. The molecule has 0 bridgehead atoms. The van der Waals surface area contributed by atoms with E-state index in [-0.39, 0.29) is 0 Å². The Labute approximate surface area is 93.1 Å². The topological polar surface area (TPSA) is 0 Å². The van der Waals surface area contributed by atoms with E-state index >= 15 is 0 Å². The Bertz CT molecular complexity index is 327. The van der Waals surface area contributed by atoms with Crippen LogP contribution in [0.2, 0.25) is 0 Å². The molecule has 1 rings (SSSR count). The maximum absolute atomic E-state index is 3.77. The van der Waals surface area contributed by atoms with Crippen LogP contribution in [0.4, 0.5) is 0 Å². The molecule has 0 aliphatic heterocycles. The second-order valence-electron chi connectivity index (χ2n) is 2.25. The fraction of sp³-hybridized carbons (Fsp3) is 0. The van der Waals surface area contributed by atoms with Crippen molar-refractivity contribution in [3.63, 3.8) is 0 Å². The van der Waals surface area contributed by atoms with Gasteiger partial charge >= 0.3 is 93.5 Å². The van der Waals surface area contributed by atoms with Crippen molar-refractivity contribution in [2.45, 2.75) is 0 Å². The second-order valence-corrected chi connectivity index (χ2v) is 4.05. The van der Waals surface area contributed by atoms with Crippen LogP contribution in [0.15, 0.2) is 25.3 Å². The Hall–Kier alpha value is -0.0532. The van der Waals surface area contributed by atoms with E-state index in [1.165, 1.54) is 8.32 Å². The monoisotopic (exact) mass is 332 g/mol. The molecule has 0 aromatic heterocycles. The Kier molecular flexibility index (Phi) is 3.56. The molecule has 0 spiro atoms. The predicted octanol–water partition coefficient (Wildman–Crippen LogP) is 1.32. The summed E-state index contributed by atoms with van der Waals surface area (Å²) in [5.41, 5.74) is 2.28. The zero-order valence-electron chi connectivity index (χ0n) is 6.43. The van der Waals surface area contributed by atoms with Gasteiger partial charge < -0.3 is 0 Å². The van der Waals surface area contributed by atoms with Crippen LogP contribution in [0.5, 0.6) is 0 Å². The van der Waals surface area contributed by atoms with E-state index in [0.29, 0.717) is 0 Å². The Morgan fingerprint density at radius 1 is 1.08 bits per heavy atom. The zero-order valence-corrected chi connectivity index (χ0v) is 9.91. The summed E-state index contributed by atoms with van der Waals surface area (Å²) in [6.45, 7) is 7.52. The summed E-state index contributed by atoms with van der Waals surface area (Å²) in [7, 11) is 0. The second kappa shape index (κ2) is 4.26. The first-order chi connectivity index (χ1) is 5.70. The zero-order chi connectivity index (χ0) is 9.14. The Morgan fingerprint density at radius 2 is 1.75 bits per heavy atom. The van der Waals surface area contributed by atoms with Crippen molar-refractivity contribution in [2.24, 2.45) is 0 Å². The van der Waals surface area contributed by atoms with Gasteiger partial charge in [0.25, 0.3) is 0 Å². The minimum absolute atomic E-state index is 1.13. The van der Waals surface area contributed by atoms with Crippen molar-refractivity contribution in [1.82, 2.24) is 0 Å². The van der Waals surface area contributed by atoms with Crippen molar-refractivity contribution in [3.8, 4) is 0 Å². The molecule has 0 fully saturated rings. The fourth-order valence-electron chi connectivity index (χ4n) is 0.953. The number of hydrogen-bond acceptors (Lipinski definition) is 0. The molecule has 0 aliphatic rings. The van der Waals surface area contributed by atoms with E-state index in [9.17, 15) is 0 Å². The SMILES string of the molecule is C=Cc1cc[c]([Ru])[c]([Ru])c1C=C. The summed E-state index contributed by atoms with van der Waals surface area (Å²) >= 11 is 5.21. The van der Waals surface area contributed by atoms with Crippen LogP contribution in [0.3, 0.4) is 0 Å². The third-order valence-corrected chi connectivity index (χ3v) is 3.86. The molecule has 12 heavy (non-hydrogen) atoms. The summed E-state index contributed by atoms with van der Waals surface area (Å²) in [6, 6.07) is 4.11. The third-order valence-electron chi connectivity index (χ3n) is 1.57. The molecule has 64 valence electrons. The van der Waals surface area contributed by atoms with Gasteiger partial charge in [0.2, 0.25) is 0 Å². The van der Waals surface area contributed by atoms with Gasteiger partial charge in [0, 0.05) is 0 Å². The van der Waals surface area contributed by atoms with Gasteiger partial charge in [-0.2, -0.15) is 0 Å². The minimum atomic E-state index is 1.13. The van der Waals surface area contributed by atoms with E-state index in [0.717, 1.165) is 11.1 Å². The quantitative estimate of drug-likeness (QED) is 0.718. The molecule has 0 saturated heterocycles. The van der Waals surface area contributed by atoms with Crippen LogP contribution in [-0.2, 0) is 36.6 Å². The van der Waals surface area contributed by atoms with Gasteiger partial charge in [-0.25, -0.2) is 0 Å². The van der Waals surface area contributed by atoms with Crippen LogP contribution in [0, 0.1) is 0 Å². The number of benzene rings is 1. The Balaban J connectivity index is 3.45. The van der Waals surface area contributed by atoms with Crippen molar-refractivity contribution >= 4 is 20.5 Å². The normalized spacial score (nSPS) is 9.50. The molecule has 0 atom stereocenters. The molecule has 1 aromatic rings. The standard InChI is InChI=1S/C10H8.2Ru/c1-3-9-7-5-6-8-10(9)4-2;;/h3-5,7H,1-2H2;;. The maximum atomic E-state index is 3.77. The summed E-state index contributed by atoms with van der Waals surface area (Å²) in [5.74, 6) is 0. The van der Waals surface area contributed by atoms with Gasteiger partial charge in [0.15, 0.2) is 0 Å². The summed E-state index contributed by atoms with van der Waals surface area (Å²) in [5, 5.41) is 0. The van der Waals surface area contributed by atoms with Crippen molar-refractivity contribution in [2.75, 3.05) is 0 Å². The van der Waals surface area contributed by atoms with E-state index in [4.69, 9.17) is 0 Å². The third kappa shape index (κ3) is 1.81. The summed E-state index contributed by atoms with van der Waals surface area (Å²) in [4.78, 5) is 0. The number of hydrogen-bond donors (Lipinski definition) is 0. The molecule has 1 aromatic carbocycles. The first kappa shape index (κ1) is 10.0. The number of rotatable bonds is 2. The Morgan fingerprint density at radius 3 is 2.25 bits per heavy atom. The molecule has 0 aliphatic carbocycles. The van der Waals surface area contributed by atoms with Crippen LogP contribution >= 0.6 is 0 Å². The van der Waals surface area contributed by atoms with Crippen molar-refractivity contribution in [3.05, 3.63) is 36.4 Å². The predicted molar refractivity (Wildman–Crippen MR) is 45.9 cm³/mol. The van der Waals surface area contributed by atoms with Gasteiger partial charge in [-0.15, -0.1) is 0 Å². The van der Waals surface area contributed by atoms with Crippen LogP contribution in [0.1, 0.15) is 11.1 Å². The van der Waals surface area contributed by atoms with E-state index in [2.05, 4.69) is 55.8 Å². The van der Waals surface area contributed by atoms with Gasteiger partial charge in [-0.1, -0.05) is 0 Å². The molecule has 0 N–H and O–H groups in total. The summed E-state index contributed by atoms with van der Waals surface area (Å²) in [6.07, 6.45) is 3.71. The molecule has 0 unspecified atom stereocenters. The first-order valence-electron chi connectivity index (χ1n) is 3.41. The molecule has 0 amide bonds. The van der Waals surface area contributed by atoms with Gasteiger partial charge in [-0.05, 0) is 0 Å². The average molecular weight is 330 g/mol.